The van der Waals surface area contributed by atoms with Crippen LogP contribution in [-0.4, -0.2) is 11.9 Å². The number of ether oxygens (including phenoxy) is 2. The quantitative estimate of drug-likeness (QED) is 0.0536. The fraction of sp³-hybridized carbons (Fsp3) is 0.552. The van der Waals surface area contributed by atoms with Gasteiger partial charge in [-0.25, -0.2) is 9.59 Å². The first-order valence-electron chi connectivity index (χ1n) is 25.2. The largest absolute Gasteiger partial charge is 0.423 e. The molecule has 3 aliphatic rings. The topological polar surface area (TPSA) is 52.6 Å². The van der Waals surface area contributed by atoms with Gasteiger partial charge in [-0.1, -0.05) is 140 Å². The van der Waals surface area contributed by atoms with Crippen LogP contribution in [0.5, 0.6) is 11.5 Å². The summed E-state index contributed by atoms with van der Waals surface area (Å²) in [6.45, 7) is 6.85. The molecule has 3 saturated carbocycles. The summed E-state index contributed by atoms with van der Waals surface area (Å²) in [7, 11) is 0. The van der Waals surface area contributed by atoms with Crippen molar-refractivity contribution in [2.45, 2.75) is 186 Å². The summed E-state index contributed by atoms with van der Waals surface area (Å²) in [6.07, 6.45) is 29.4. The summed E-state index contributed by atoms with van der Waals surface area (Å²) in [6, 6.07) is 32.9. The highest BCUT2D eigenvalue weighted by Crippen LogP contribution is 2.48. The van der Waals surface area contributed by atoms with Crippen LogP contribution < -0.4 is 9.47 Å². The number of esters is 2. The Balaban J connectivity index is 0.961. The van der Waals surface area contributed by atoms with Crippen LogP contribution in [0.3, 0.4) is 0 Å². The van der Waals surface area contributed by atoms with E-state index in [1.165, 1.54) is 157 Å². The third-order valence-corrected chi connectivity index (χ3v) is 15.5. The van der Waals surface area contributed by atoms with Gasteiger partial charge in [-0.3, -0.25) is 0 Å². The molecule has 4 heteroatoms. The van der Waals surface area contributed by atoms with E-state index in [0.29, 0.717) is 34.5 Å². The van der Waals surface area contributed by atoms with Gasteiger partial charge in [0, 0.05) is 5.41 Å². The molecule has 62 heavy (non-hydrogen) atoms. The van der Waals surface area contributed by atoms with Crippen LogP contribution >= 0.6 is 0 Å². The molecule has 4 aromatic carbocycles. The van der Waals surface area contributed by atoms with Crippen LogP contribution in [0.15, 0.2) is 97.1 Å². The minimum Gasteiger partial charge on any atom is -0.423 e. The van der Waals surface area contributed by atoms with Gasteiger partial charge in [-0.05, 0) is 177 Å². The molecule has 4 nitrogen and oxygen atoms in total. The van der Waals surface area contributed by atoms with E-state index in [1.54, 1.807) is 0 Å². The van der Waals surface area contributed by atoms with Gasteiger partial charge in [0.05, 0.1) is 11.1 Å². The minimum atomic E-state index is -0.313. The Bertz CT molecular complexity index is 1800. The Morgan fingerprint density at radius 1 is 0.435 bits per heavy atom. The number of carbonyl (C=O) groups is 2. The fourth-order valence-electron chi connectivity index (χ4n) is 11.4. The first kappa shape index (κ1) is 45.8. The first-order valence-corrected chi connectivity index (χ1v) is 25.2. The van der Waals surface area contributed by atoms with Gasteiger partial charge in [0.1, 0.15) is 11.5 Å². The first-order chi connectivity index (χ1) is 30.4. The van der Waals surface area contributed by atoms with Crippen molar-refractivity contribution in [2.24, 2.45) is 17.8 Å². The molecule has 0 heterocycles. The third kappa shape index (κ3) is 12.1. The SMILES string of the molecule is CCCCCC1CCC(c2ccc(C(=O)Oc3ccc(C4(c5ccc(OC(=O)c6ccc(C7CCC(CCCCC)CC7)cc6)cc5)CCC(CCCC)CC4)cc3)cc2)CC1. The predicted octanol–water partition coefficient (Wildman–Crippen LogP) is 16.5. The van der Waals surface area contributed by atoms with Crippen molar-refractivity contribution >= 4 is 11.9 Å². The van der Waals surface area contributed by atoms with Crippen LogP contribution in [0.25, 0.3) is 0 Å². The van der Waals surface area contributed by atoms with Crippen molar-refractivity contribution in [1.82, 2.24) is 0 Å². The number of rotatable bonds is 19. The van der Waals surface area contributed by atoms with Gasteiger partial charge in [-0.15, -0.1) is 0 Å². The molecule has 0 unspecified atom stereocenters. The molecule has 0 aliphatic heterocycles. The highest BCUT2D eigenvalue weighted by atomic mass is 16.5. The second kappa shape index (κ2) is 23.0. The van der Waals surface area contributed by atoms with Crippen LogP contribution in [0, 0.1) is 17.8 Å². The van der Waals surface area contributed by atoms with Gasteiger partial charge in [-0.2, -0.15) is 0 Å². The van der Waals surface area contributed by atoms with Crippen molar-refractivity contribution in [3.8, 4) is 11.5 Å². The highest BCUT2D eigenvalue weighted by Gasteiger charge is 2.38. The van der Waals surface area contributed by atoms with Crippen LogP contribution in [0.4, 0.5) is 0 Å². The lowest BCUT2D eigenvalue weighted by Crippen LogP contribution is -2.33. The molecule has 0 saturated heterocycles. The second-order valence-electron chi connectivity index (χ2n) is 19.7. The molecule has 0 amide bonds. The van der Waals surface area contributed by atoms with Gasteiger partial charge in [0.15, 0.2) is 0 Å². The summed E-state index contributed by atoms with van der Waals surface area (Å²) in [5.74, 6) is 4.22. The van der Waals surface area contributed by atoms with Crippen LogP contribution in [0.2, 0.25) is 0 Å². The number of hydrogen-bond donors (Lipinski definition) is 0. The molecular formula is C58H76O4. The fourth-order valence-corrected chi connectivity index (χ4v) is 11.4. The Morgan fingerprint density at radius 2 is 0.790 bits per heavy atom. The smallest absolute Gasteiger partial charge is 0.343 e. The maximum atomic E-state index is 13.3. The van der Waals surface area contributed by atoms with Crippen molar-refractivity contribution in [3.05, 3.63) is 130 Å². The molecule has 0 radical (unpaired) electrons. The predicted molar refractivity (Wildman–Crippen MR) is 256 cm³/mol. The lowest BCUT2D eigenvalue weighted by Gasteiger charge is -2.41. The zero-order valence-electron chi connectivity index (χ0n) is 38.5. The van der Waals surface area contributed by atoms with E-state index in [0.717, 1.165) is 30.6 Å². The molecule has 0 atom stereocenters. The molecule has 3 aliphatic carbocycles. The second-order valence-corrected chi connectivity index (χ2v) is 19.7. The van der Waals surface area contributed by atoms with E-state index < -0.39 is 0 Å². The third-order valence-electron chi connectivity index (χ3n) is 15.5. The lowest BCUT2D eigenvalue weighted by molar-refractivity contribution is 0.0725. The molecule has 0 bridgehead atoms. The van der Waals surface area contributed by atoms with Crippen molar-refractivity contribution in [1.29, 1.82) is 0 Å². The zero-order valence-corrected chi connectivity index (χ0v) is 38.5. The zero-order chi connectivity index (χ0) is 43.2. The van der Waals surface area contributed by atoms with Crippen LogP contribution in [-0.2, 0) is 5.41 Å². The molecule has 0 spiro atoms. The number of hydrogen-bond acceptors (Lipinski definition) is 4. The van der Waals surface area contributed by atoms with E-state index in [9.17, 15) is 9.59 Å². The minimum absolute atomic E-state index is 0.164. The summed E-state index contributed by atoms with van der Waals surface area (Å²) in [5.41, 5.74) is 6.21. The normalized spacial score (nSPS) is 24.0. The number of carbonyl (C=O) groups excluding carboxylic acids is 2. The van der Waals surface area contributed by atoms with Crippen LogP contribution in [0.1, 0.15) is 223 Å². The highest BCUT2D eigenvalue weighted by molar-refractivity contribution is 5.91. The maximum Gasteiger partial charge on any atom is 0.343 e. The average molecular weight is 837 g/mol. The molecule has 4 aromatic rings. The molecule has 7 rings (SSSR count). The Hall–Kier alpha value is -4.18. The molecule has 332 valence electrons. The van der Waals surface area contributed by atoms with Crippen molar-refractivity contribution in [2.75, 3.05) is 0 Å². The summed E-state index contributed by atoms with van der Waals surface area (Å²) < 4.78 is 11.9. The number of unbranched alkanes of at least 4 members (excludes halogenated alkanes) is 5. The lowest BCUT2D eigenvalue weighted by atomic mass is 9.62. The van der Waals surface area contributed by atoms with E-state index in [4.69, 9.17) is 9.47 Å². The van der Waals surface area contributed by atoms with E-state index in [2.05, 4.69) is 69.3 Å². The maximum absolute atomic E-state index is 13.3. The summed E-state index contributed by atoms with van der Waals surface area (Å²) in [5, 5.41) is 0. The van der Waals surface area contributed by atoms with E-state index >= 15 is 0 Å². The Labute approximate surface area is 375 Å². The summed E-state index contributed by atoms with van der Waals surface area (Å²) in [4.78, 5) is 26.7. The molecule has 3 fully saturated rings. The van der Waals surface area contributed by atoms with Gasteiger partial charge in [0.25, 0.3) is 0 Å². The van der Waals surface area contributed by atoms with Crippen molar-refractivity contribution < 1.29 is 19.1 Å². The molecular weight excluding hydrogens is 761 g/mol. The van der Waals surface area contributed by atoms with Gasteiger partial charge >= 0.3 is 11.9 Å². The Morgan fingerprint density at radius 3 is 1.16 bits per heavy atom. The molecule has 0 N–H and O–H groups in total. The van der Waals surface area contributed by atoms with E-state index in [-0.39, 0.29) is 17.4 Å². The monoisotopic (exact) mass is 837 g/mol. The number of benzene rings is 4. The van der Waals surface area contributed by atoms with Crippen molar-refractivity contribution in [3.63, 3.8) is 0 Å². The Kier molecular flexibility index (Phi) is 17.0. The van der Waals surface area contributed by atoms with E-state index in [1.807, 2.05) is 48.5 Å². The van der Waals surface area contributed by atoms with Gasteiger partial charge < -0.3 is 9.47 Å². The van der Waals surface area contributed by atoms with Gasteiger partial charge in [0.2, 0.25) is 0 Å². The average Bonchev–Trinajstić information content (AvgIpc) is 3.32. The molecule has 0 aromatic heterocycles. The standard InChI is InChI=1S/C58H76O4/c1-4-7-10-13-43-15-19-46(20-16-43)48-23-27-50(28-24-48)56(59)61-54-35-31-52(32-36-54)58(41-39-45(40-42-58)12-9-6-3)53-33-37-55(38-34-53)62-57(60)51-29-25-49(26-30-51)47-21-17-44(18-22-47)14-11-8-5-2/h23-38,43-47H,4-22,39-42H2,1-3H3. The summed E-state index contributed by atoms with van der Waals surface area (Å²) >= 11 is 0.